The van der Waals surface area contributed by atoms with Crippen LogP contribution in [0.2, 0.25) is 0 Å². The number of hydrogen-bond acceptors (Lipinski definition) is 2. The summed E-state index contributed by atoms with van der Waals surface area (Å²) in [5, 5.41) is 11.4. The van der Waals surface area contributed by atoms with E-state index in [1.54, 1.807) is 32.0 Å². The number of nitrogens with zero attached hydrogens (tertiary/aromatic N) is 1. The lowest BCUT2D eigenvalue weighted by atomic mass is 9.96. The molecule has 0 bridgehead atoms. The van der Waals surface area contributed by atoms with Crippen molar-refractivity contribution >= 4 is 5.91 Å². The lowest BCUT2D eigenvalue weighted by Gasteiger charge is -2.15. The van der Waals surface area contributed by atoms with E-state index in [4.69, 9.17) is 5.26 Å². The summed E-state index contributed by atoms with van der Waals surface area (Å²) in [6.07, 6.45) is -0.00577. The van der Waals surface area contributed by atoms with Gasteiger partial charge in [0.25, 0.3) is 0 Å². The molecule has 0 saturated carbocycles. The van der Waals surface area contributed by atoms with Gasteiger partial charge in [-0.1, -0.05) is 18.2 Å². The van der Waals surface area contributed by atoms with Crippen molar-refractivity contribution in [2.45, 2.75) is 20.3 Å². The van der Waals surface area contributed by atoms with E-state index in [0.29, 0.717) is 5.56 Å². The van der Waals surface area contributed by atoms with Gasteiger partial charge in [0.1, 0.15) is 5.82 Å². The van der Waals surface area contributed by atoms with Gasteiger partial charge in [0.2, 0.25) is 5.91 Å². The first-order valence-corrected chi connectivity index (χ1v) is 5.36. The van der Waals surface area contributed by atoms with Crippen LogP contribution >= 0.6 is 0 Å². The number of rotatable bonds is 4. The van der Waals surface area contributed by atoms with E-state index in [2.05, 4.69) is 11.4 Å². The molecule has 0 spiro atoms. The predicted molar refractivity (Wildman–Crippen MR) is 62.5 cm³/mol. The number of amides is 1. The van der Waals surface area contributed by atoms with E-state index in [1.807, 2.05) is 0 Å². The van der Waals surface area contributed by atoms with Crippen LogP contribution in [-0.2, 0) is 11.2 Å². The summed E-state index contributed by atoms with van der Waals surface area (Å²) >= 11 is 0. The number of nitrogens with one attached hydrogen (secondary N) is 1. The van der Waals surface area contributed by atoms with Crippen molar-refractivity contribution in [3.05, 3.63) is 35.6 Å². The average molecular weight is 234 g/mol. The van der Waals surface area contributed by atoms with Gasteiger partial charge in [-0.25, -0.2) is 4.39 Å². The van der Waals surface area contributed by atoms with Crippen LogP contribution in [-0.4, -0.2) is 12.5 Å². The Hall–Kier alpha value is -1.89. The van der Waals surface area contributed by atoms with Crippen molar-refractivity contribution < 1.29 is 9.18 Å². The quantitative estimate of drug-likeness (QED) is 0.866. The molecule has 1 rings (SSSR count). The van der Waals surface area contributed by atoms with E-state index in [1.165, 1.54) is 6.07 Å². The molecule has 0 heterocycles. The Morgan fingerprint density at radius 3 is 2.71 bits per heavy atom. The van der Waals surface area contributed by atoms with E-state index < -0.39 is 5.41 Å². The monoisotopic (exact) mass is 234 g/mol. The normalized spacial score (nSPS) is 10.7. The highest BCUT2D eigenvalue weighted by atomic mass is 19.1. The average Bonchev–Trinajstić information content (AvgIpc) is 2.30. The Labute approximate surface area is 100 Å². The molecule has 90 valence electrons. The van der Waals surface area contributed by atoms with E-state index in [9.17, 15) is 9.18 Å². The van der Waals surface area contributed by atoms with Gasteiger partial charge in [-0.2, -0.15) is 5.26 Å². The Morgan fingerprint density at radius 2 is 2.12 bits per heavy atom. The number of hydrogen-bond donors (Lipinski definition) is 1. The van der Waals surface area contributed by atoms with Crippen LogP contribution in [0.1, 0.15) is 19.4 Å². The molecule has 1 aromatic rings. The van der Waals surface area contributed by atoms with Crippen molar-refractivity contribution in [1.29, 1.82) is 5.26 Å². The first-order valence-electron chi connectivity index (χ1n) is 5.36. The highest BCUT2D eigenvalue weighted by Crippen LogP contribution is 2.11. The second-order valence-electron chi connectivity index (χ2n) is 4.54. The third-order valence-corrected chi connectivity index (χ3v) is 2.34. The molecule has 1 aromatic carbocycles. The summed E-state index contributed by atoms with van der Waals surface area (Å²) in [5.41, 5.74) is -0.245. The number of carbonyl (C=O) groups excluding carboxylic acids is 1. The van der Waals surface area contributed by atoms with Gasteiger partial charge in [-0.05, 0) is 25.5 Å². The first kappa shape index (κ1) is 13.2. The summed E-state index contributed by atoms with van der Waals surface area (Å²) in [6, 6.07) is 8.24. The standard InChI is InChI=1S/C13H15FN2O/c1-13(2,8-15)9-16-12(17)7-10-5-3-4-6-11(10)14/h3-6H,7,9H2,1-2H3,(H,16,17). The fraction of sp³-hybridized carbons (Fsp3) is 0.385. The largest absolute Gasteiger partial charge is 0.354 e. The van der Waals surface area contributed by atoms with Crippen LogP contribution in [0.25, 0.3) is 0 Å². The third-order valence-electron chi connectivity index (χ3n) is 2.34. The van der Waals surface area contributed by atoms with Gasteiger partial charge < -0.3 is 5.32 Å². The molecule has 1 N–H and O–H groups in total. The molecule has 1 amide bonds. The fourth-order valence-corrected chi connectivity index (χ4v) is 1.24. The lowest BCUT2D eigenvalue weighted by Crippen LogP contribution is -2.34. The minimum absolute atomic E-state index is 0.00577. The molecule has 0 saturated heterocycles. The van der Waals surface area contributed by atoms with Crippen LogP contribution in [0, 0.1) is 22.6 Å². The fourth-order valence-electron chi connectivity index (χ4n) is 1.24. The summed E-state index contributed by atoms with van der Waals surface area (Å²) in [5.74, 6) is -0.666. The SMILES string of the molecule is CC(C)(C#N)CNC(=O)Cc1ccccc1F. The number of carbonyl (C=O) groups is 1. The van der Waals surface area contributed by atoms with Crippen molar-refractivity contribution in [2.24, 2.45) is 5.41 Å². The van der Waals surface area contributed by atoms with Crippen LogP contribution < -0.4 is 5.32 Å². The van der Waals surface area contributed by atoms with Crippen LogP contribution in [0.4, 0.5) is 4.39 Å². The highest BCUT2D eigenvalue weighted by Gasteiger charge is 2.17. The smallest absolute Gasteiger partial charge is 0.224 e. The lowest BCUT2D eigenvalue weighted by molar-refractivity contribution is -0.120. The Balaban J connectivity index is 2.52. The third kappa shape index (κ3) is 4.23. The van der Waals surface area contributed by atoms with Gasteiger partial charge in [0.05, 0.1) is 17.9 Å². The van der Waals surface area contributed by atoms with Gasteiger partial charge in [-0.3, -0.25) is 4.79 Å². The molecule has 0 aliphatic heterocycles. The molecule has 0 aliphatic carbocycles. The topological polar surface area (TPSA) is 52.9 Å². The minimum atomic E-state index is -0.606. The molecule has 4 heteroatoms. The second kappa shape index (κ2) is 5.44. The maximum absolute atomic E-state index is 13.3. The van der Waals surface area contributed by atoms with E-state index in [-0.39, 0.29) is 24.7 Å². The van der Waals surface area contributed by atoms with Gasteiger partial charge in [-0.15, -0.1) is 0 Å². The maximum atomic E-state index is 13.3. The zero-order valence-corrected chi connectivity index (χ0v) is 9.96. The Bertz CT molecular complexity index is 449. The summed E-state index contributed by atoms with van der Waals surface area (Å²) in [7, 11) is 0. The van der Waals surface area contributed by atoms with E-state index in [0.717, 1.165) is 0 Å². The highest BCUT2D eigenvalue weighted by molar-refractivity contribution is 5.78. The van der Waals surface area contributed by atoms with Crippen LogP contribution in [0.3, 0.4) is 0 Å². The van der Waals surface area contributed by atoms with Crippen LogP contribution in [0.15, 0.2) is 24.3 Å². The Morgan fingerprint density at radius 1 is 1.47 bits per heavy atom. The first-order chi connectivity index (χ1) is 7.94. The number of nitriles is 1. The molecule has 0 fully saturated rings. The van der Waals surface area contributed by atoms with Gasteiger partial charge >= 0.3 is 0 Å². The van der Waals surface area contributed by atoms with Crippen molar-refractivity contribution in [3.63, 3.8) is 0 Å². The predicted octanol–water partition coefficient (Wildman–Crippen LogP) is 2.03. The zero-order valence-electron chi connectivity index (χ0n) is 9.96. The van der Waals surface area contributed by atoms with Crippen molar-refractivity contribution in [1.82, 2.24) is 5.32 Å². The Kier molecular flexibility index (Phi) is 4.22. The maximum Gasteiger partial charge on any atom is 0.224 e. The summed E-state index contributed by atoms with van der Waals surface area (Å²) < 4.78 is 13.3. The molecule has 17 heavy (non-hydrogen) atoms. The summed E-state index contributed by atoms with van der Waals surface area (Å²) in [4.78, 5) is 11.5. The molecule has 0 unspecified atom stereocenters. The number of benzene rings is 1. The molecule has 0 aliphatic rings. The van der Waals surface area contributed by atoms with Crippen molar-refractivity contribution in [2.75, 3.05) is 6.54 Å². The van der Waals surface area contributed by atoms with Gasteiger partial charge in [0, 0.05) is 6.54 Å². The minimum Gasteiger partial charge on any atom is -0.354 e. The van der Waals surface area contributed by atoms with Crippen molar-refractivity contribution in [3.8, 4) is 6.07 Å². The molecule has 0 radical (unpaired) electrons. The summed E-state index contributed by atoms with van der Waals surface area (Å²) in [6.45, 7) is 3.73. The van der Waals surface area contributed by atoms with Crippen LogP contribution in [0.5, 0.6) is 0 Å². The van der Waals surface area contributed by atoms with E-state index >= 15 is 0 Å². The molecule has 0 atom stereocenters. The zero-order chi connectivity index (χ0) is 12.9. The second-order valence-corrected chi connectivity index (χ2v) is 4.54. The molecular formula is C13H15FN2O. The number of halogens is 1. The molecule has 3 nitrogen and oxygen atoms in total. The molecule has 0 aromatic heterocycles. The van der Waals surface area contributed by atoms with Gasteiger partial charge in [0.15, 0.2) is 0 Å². The molecular weight excluding hydrogens is 219 g/mol.